The Balaban J connectivity index is 2.00. The van der Waals surface area contributed by atoms with E-state index in [1.807, 2.05) is 13.8 Å². The Kier molecular flexibility index (Phi) is 4.51. The molecule has 4 heteroatoms. The van der Waals surface area contributed by atoms with Crippen molar-refractivity contribution in [3.8, 4) is 0 Å². The van der Waals surface area contributed by atoms with E-state index in [0.717, 1.165) is 19.6 Å². The number of rotatable bonds is 5. The number of morpholine rings is 1. The molecule has 2 bridgehead atoms. The van der Waals surface area contributed by atoms with Gasteiger partial charge in [0.15, 0.2) is 0 Å². The average molecular weight is 268 g/mol. The lowest BCUT2D eigenvalue weighted by atomic mass is 9.95. The minimum absolute atomic E-state index is 0.0480. The highest BCUT2D eigenvalue weighted by molar-refractivity contribution is 5.78. The molecule has 2 aliphatic rings. The van der Waals surface area contributed by atoms with Gasteiger partial charge in [0.25, 0.3) is 0 Å². The number of hydrogen-bond donors (Lipinski definition) is 1. The molecule has 4 atom stereocenters. The third kappa shape index (κ3) is 3.11. The number of nitrogens with one attached hydrogen (secondary N) is 1. The Morgan fingerprint density at radius 1 is 1.26 bits per heavy atom. The molecule has 2 rings (SSSR count). The molecular weight excluding hydrogens is 240 g/mol. The molecule has 0 aromatic carbocycles. The van der Waals surface area contributed by atoms with Crippen molar-refractivity contribution in [3.05, 3.63) is 0 Å². The molecule has 19 heavy (non-hydrogen) atoms. The fourth-order valence-electron chi connectivity index (χ4n) is 3.31. The number of nitrogens with zero attached hydrogens (tertiary/aromatic N) is 1. The Morgan fingerprint density at radius 3 is 2.37 bits per heavy atom. The van der Waals surface area contributed by atoms with E-state index in [2.05, 4.69) is 31.0 Å². The van der Waals surface area contributed by atoms with Crippen molar-refractivity contribution in [2.45, 2.75) is 65.3 Å². The van der Waals surface area contributed by atoms with Gasteiger partial charge in [-0.2, -0.15) is 0 Å². The summed E-state index contributed by atoms with van der Waals surface area (Å²) >= 11 is 0. The van der Waals surface area contributed by atoms with E-state index in [-0.39, 0.29) is 17.9 Å². The second-order valence-electron chi connectivity index (χ2n) is 6.72. The summed E-state index contributed by atoms with van der Waals surface area (Å²) in [4.78, 5) is 14.5. The first kappa shape index (κ1) is 14.8. The summed E-state index contributed by atoms with van der Waals surface area (Å²) in [6.07, 6.45) is 1.58. The summed E-state index contributed by atoms with van der Waals surface area (Å²) in [5.74, 6) is 0.649. The lowest BCUT2D eigenvalue weighted by Crippen LogP contribution is -2.56. The monoisotopic (exact) mass is 268 g/mol. The molecular formula is C15H28N2O2. The molecule has 0 unspecified atom stereocenters. The lowest BCUT2D eigenvalue weighted by molar-refractivity contribution is -0.125. The van der Waals surface area contributed by atoms with E-state index in [1.54, 1.807) is 0 Å². The van der Waals surface area contributed by atoms with Crippen molar-refractivity contribution in [2.24, 2.45) is 11.8 Å². The van der Waals surface area contributed by atoms with Crippen LogP contribution in [0.2, 0.25) is 0 Å². The van der Waals surface area contributed by atoms with Gasteiger partial charge >= 0.3 is 0 Å². The molecule has 0 aliphatic carbocycles. The number of fused-ring (bicyclic) bond motifs is 2. The molecule has 0 radical (unpaired) electrons. The Labute approximate surface area is 116 Å². The van der Waals surface area contributed by atoms with E-state index >= 15 is 0 Å². The van der Waals surface area contributed by atoms with Crippen molar-refractivity contribution in [1.82, 2.24) is 10.2 Å². The van der Waals surface area contributed by atoms with E-state index < -0.39 is 0 Å². The Morgan fingerprint density at radius 2 is 1.95 bits per heavy atom. The zero-order valence-electron chi connectivity index (χ0n) is 12.8. The lowest BCUT2D eigenvalue weighted by Gasteiger charge is -2.39. The van der Waals surface area contributed by atoms with Crippen LogP contribution < -0.4 is 5.32 Å². The topological polar surface area (TPSA) is 41.6 Å². The van der Waals surface area contributed by atoms with Gasteiger partial charge in [0, 0.05) is 30.6 Å². The maximum Gasteiger partial charge on any atom is 0.222 e. The molecule has 4 nitrogen and oxygen atoms in total. The summed E-state index contributed by atoms with van der Waals surface area (Å²) in [6.45, 7) is 12.4. The number of carbonyl (C=O) groups excluding carboxylic acids is 1. The van der Waals surface area contributed by atoms with E-state index in [0.29, 0.717) is 24.1 Å². The van der Waals surface area contributed by atoms with E-state index in [9.17, 15) is 4.79 Å². The number of hydrogen-bond acceptors (Lipinski definition) is 3. The van der Waals surface area contributed by atoms with Crippen LogP contribution in [-0.2, 0) is 9.53 Å². The second-order valence-corrected chi connectivity index (χ2v) is 6.72. The molecule has 1 N–H and O–H groups in total. The highest BCUT2D eigenvalue weighted by Gasteiger charge is 2.43. The van der Waals surface area contributed by atoms with Gasteiger partial charge < -0.3 is 10.1 Å². The molecule has 0 aromatic rings. The minimum Gasteiger partial charge on any atom is -0.375 e. The quantitative estimate of drug-likeness (QED) is 0.824. The highest BCUT2D eigenvalue weighted by Crippen LogP contribution is 2.31. The zero-order valence-corrected chi connectivity index (χ0v) is 12.8. The molecule has 1 amide bonds. The number of ether oxygens (including phenoxy) is 1. The van der Waals surface area contributed by atoms with Crippen LogP contribution in [0, 0.1) is 11.8 Å². The normalized spacial score (nSPS) is 30.1. The van der Waals surface area contributed by atoms with Crippen LogP contribution in [0.1, 0.15) is 41.0 Å². The van der Waals surface area contributed by atoms with Crippen LogP contribution in [0.15, 0.2) is 0 Å². The maximum atomic E-state index is 12.0. The first-order valence-electron chi connectivity index (χ1n) is 7.57. The van der Waals surface area contributed by atoms with E-state index in [4.69, 9.17) is 4.74 Å². The fourth-order valence-corrected chi connectivity index (χ4v) is 3.31. The van der Waals surface area contributed by atoms with Gasteiger partial charge in [-0.1, -0.05) is 27.7 Å². The molecule has 2 aliphatic heterocycles. The molecule has 2 heterocycles. The maximum absolute atomic E-state index is 12.0. The predicted octanol–water partition coefficient (Wildman–Crippen LogP) is 1.64. The van der Waals surface area contributed by atoms with Crippen molar-refractivity contribution < 1.29 is 9.53 Å². The van der Waals surface area contributed by atoms with Gasteiger partial charge in [-0.3, -0.25) is 9.69 Å². The molecule has 110 valence electrons. The third-order valence-electron chi connectivity index (χ3n) is 4.54. The highest BCUT2D eigenvalue weighted by atomic mass is 16.5. The van der Waals surface area contributed by atoms with Crippen LogP contribution in [0.4, 0.5) is 0 Å². The van der Waals surface area contributed by atoms with Crippen molar-refractivity contribution in [3.63, 3.8) is 0 Å². The van der Waals surface area contributed by atoms with Crippen LogP contribution >= 0.6 is 0 Å². The molecule has 2 fully saturated rings. The summed E-state index contributed by atoms with van der Waals surface area (Å²) < 4.78 is 5.66. The van der Waals surface area contributed by atoms with Gasteiger partial charge in [-0.15, -0.1) is 0 Å². The van der Waals surface area contributed by atoms with Crippen molar-refractivity contribution in [1.29, 1.82) is 0 Å². The van der Waals surface area contributed by atoms with Crippen LogP contribution in [0.25, 0.3) is 0 Å². The smallest absolute Gasteiger partial charge is 0.222 e. The second kappa shape index (κ2) is 5.80. The minimum atomic E-state index is 0.0480. The number of carbonyl (C=O) groups is 1. The summed E-state index contributed by atoms with van der Waals surface area (Å²) in [7, 11) is 0. The zero-order chi connectivity index (χ0) is 14.2. The average Bonchev–Trinajstić information content (AvgIpc) is 2.96. The molecule has 0 spiro atoms. The van der Waals surface area contributed by atoms with Crippen LogP contribution in [-0.4, -0.2) is 48.2 Å². The molecule has 0 aromatic heterocycles. The third-order valence-corrected chi connectivity index (χ3v) is 4.54. The van der Waals surface area contributed by atoms with Gasteiger partial charge in [0.2, 0.25) is 5.91 Å². The van der Waals surface area contributed by atoms with Gasteiger partial charge in [0.05, 0.1) is 12.7 Å². The molecule has 0 saturated carbocycles. The van der Waals surface area contributed by atoms with Gasteiger partial charge in [-0.25, -0.2) is 0 Å². The van der Waals surface area contributed by atoms with Crippen LogP contribution in [0.3, 0.4) is 0 Å². The largest absolute Gasteiger partial charge is 0.375 e. The summed E-state index contributed by atoms with van der Waals surface area (Å²) in [5.41, 5.74) is 0. The van der Waals surface area contributed by atoms with E-state index in [1.165, 1.54) is 0 Å². The predicted molar refractivity (Wildman–Crippen MR) is 75.9 cm³/mol. The van der Waals surface area contributed by atoms with Gasteiger partial charge in [-0.05, 0) is 19.3 Å². The first-order valence-corrected chi connectivity index (χ1v) is 7.57. The summed E-state index contributed by atoms with van der Waals surface area (Å²) in [5, 5.41) is 3.23. The molecule has 2 saturated heterocycles. The Bertz CT molecular complexity index is 330. The van der Waals surface area contributed by atoms with Crippen molar-refractivity contribution in [2.75, 3.05) is 13.2 Å². The standard InChI is InChI=1S/C15H28N2O2/c1-9(2)14(16-15(18)10(3)4)11(5)17-7-13-6-12(17)8-19-13/h9-14H,6-8H2,1-5H3,(H,16,18)/t11-,12-,13-,14+/m1/s1. The number of amides is 1. The number of likely N-dealkylation sites (tertiary alicyclic amines) is 1. The van der Waals surface area contributed by atoms with Gasteiger partial charge in [0.1, 0.15) is 0 Å². The SMILES string of the molecule is CC(C)C(=O)N[C@@H](C(C)C)[C@@H](C)N1C[C@H]2C[C@@H]1CO2. The fraction of sp³-hybridized carbons (Fsp3) is 0.933. The first-order chi connectivity index (χ1) is 8.90. The summed E-state index contributed by atoms with van der Waals surface area (Å²) in [6, 6.07) is 1.15. The Hall–Kier alpha value is -0.610. The van der Waals surface area contributed by atoms with Crippen molar-refractivity contribution >= 4 is 5.91 Å². The van der Waals surface area contributed by atoms with Crippen LogP contribution in [0.5, 0.6) is 0 Å².